The predicted octanol–water partition coefficient (Wildman–Crippen LogP) is 3.19. The van der Waals surface area contributed by atoms with E-state index in [4.69, 9.17) is 4.98 Å². The van der Waals surface area contributed by atoms with Gasteiger partial charge >= 0.3 is 0 Å². The van der Waals surface area contributed by atoms with Crippen molar-refractivity contribution in [3.8, 4) is 0 Å². The summed E-state index contributed by atoms with van der Waals surface area (Å²) in [5.41, 5.74) is 1.30. The molecule has 0 bridgehead atoms. The molecular weight excluding hydrogens is 216 g/mol. The molecule has 1 aromatic heterocycles. The highest BCUT2D eigenvalue weighted by molar-refractivity contribution is 7.12. The molecule has 0 radical (unpaired) electrons. The molecule has 2 aliphatic rings. The van der Waals surface area contributed by atoms with E-state index in [1.807, 2.05) is 11.3 Å². The molecule has 1 aromatic rings. The van der Waals surface area contributed by atoms with Gasteiger partial charge < -0.3 is 5.32 Å². The molecule has 1 N–H and O–H groups in total. The van der Waals surface area contributed by atoms with E-state index in [9.17, 15) is 0 Å². The van der Waals surface area contributed by atoms with Crippen molar-refractivity contribution in [2.24, 2.45) is 0 Å². The lowest BCUT2D eigenvalue weighted by Crippen LogP contribution is -2.39. The van der Waals surface area contributed by atoms with Gasteiger partial charge in [0.25, 0.3) is 0 Å². The third-order valence-electron chi connectivity index (χ3n) is 3.96. The van der Waals surface area contributed by atoms with Crippen LogP contribution in [0.25, 0.3) is 0 Å². The predicted molar refractivity (Wildman–Crippen MR) is 68.3 cm³/mol. The first kappa shape index (κ1) is 10.7. The van der Waals surface area contributed by atoms with Crippen molar-refractivity contribution >= 4 is 11.3 Å². The van der Waals surface area contributed by atoms with Gasteiger partial charge in [0, 0.05) is 29.8 Å². The van der Waals surface area contributed by atoms with Gasteiger partial charge in [-0.1, -0.05) is 19.3 Å². The SMILES string of the molecule is Cc1nc(C2CCCCC2)sc1C1CNC1. The van der Waals surface area contributed by atoms with E-state index in [-0.39, 0.29) is 0 Å². The quantitative estimate of drug-likeness (QED) is 0.853. The Labute approximate surface area is 101 Å². The Balaban J connectivity index is 1.79. The molecule has 1 saturated heterocycles. The molecule has 1 aliphatic carbocycles. The van der Waals surface area contributed by atoms with E-state index in [0.717, 1.165) is 24.9 Å². The van der Waals surface area contributed by atoms with Crippen molar-refractivity contribution in [3.63, 3.8) is 0 Å². The molecular formula is C13H20N2S. The fourth-order valence-corrected chi connectivity index (χ4v) is 4.14. The molecule has 1 aliphatic heterocycles. The van der Waals surface area contributed by atoms with Crippen molar-refractivity contribution < 1.29 is 0 Å². The number of hydrogen-bond acceptors (Lipinski definition) is 3. The summed E-state index contributed by atoms with van der Waals surface area (Å²) in [6.07, 6.45) is 6.98. The van der Waals surface area contributed by atoms with E-state index in [1.54, 1.807) is 4.88 Å². The Morgan fingerprint density at radius 1 is 1.12 bits per heavy atom. The maximum absolute atomic E-state index is 4.83. The highest BCUT2D eigenvalue weighted by Crippen LogP contribution is 2.38. The van der Waals surface area contributed by atoms with E-state index in [2.05, 4.69) is 12.2 Å². The number of nitrogens with one attached hydrogen (secondary N) is 1. The summed E-state index contributed by atoms with van der Waals surface area (Å²) in [5.74, 6) is 1.54. The van der Waals surface area contributed by atoms with Crippen LogP contribution in [-0.4, -0.2) is 18.1 Å². The average molecular weight is 236 g/mol. The van der Waals surface area contributed by atoms with E-state index in [1.165, 1.54) is 42.8 Å². The Kier molecular flexibility index (Phi) is 2.99. The molecule has 2 heterocycles. The first-order valence-corrected chi connectivity index (χ1v) is 7.34. The Morgan fingerprint density at radius 3 is 2.50 bits per heavy atom. The first-order chi connectivity index (χ1) is 7.84. The van der Waals surface area contributed by atoms with Crippen molar-refractivity contribution in [1.82, 2.24) is 10.3 Å². The molecule has 0 aromatic carbocycles. The number of thiazole rings is 1. The first-order valence-electron chi connectivity index (χ1n) is 6.52. The summed E-state index contributed by atoms with van der Waals surface area (Å²) in [7, 11) is 0. The van der Waals surface area contributed by atoms with Crippen LogP contribution in [0, 0.1) is 6.92 Å². The summed E-state index contributed by atoms with van der Waals surface area (Å²) in [5, 5.41) is 4.78. The third kappa shape index (κ3) is 1.91. The van der Waals surface area contributed by atoms with E-state index >= 15 is 0 Å². The monoisotopic (exact) mass is 236 g/mol. The lowest BCUT2D eigenvalue weighted by Gasteiger charge is -2.26. The van der Waals surface area contributed by atoms with Gasteiger partial charge in [0.05, 0.1) is 10.7 Å². The number of hydrogen-bond donors (Lipinski definition) is 1. The van der Waals surface area contributed by atoms with Gasteiger partial charge in [0.15, 0.2) is 0 Å². The van der Waals surface area contributed by atoms with Crippen molar-refractivity contribution in [1.29, 1.82) is 0 Å². The molecule has 0 atom stereocenters. The number of aromatic nitrogens is 1. The third-order valence-corrected chi connectivity index (χ3v) is 5.44. The minimum Gasteiger partial charge on any atom is -0.315 e. The summed E-state index contributed by atoms with van der Waals surface area (Å²) >= 11 is 2.00. The molecule has 2 nitrogen and oxygen atoms in total. The zero-order chi connectivity index (χ0) is 11.0. The number of rotatable bonds is 2. The molecule has 0 amide bonds. The minimum atomic E-state index is 0.759. The second-order valence-corrected chi connectivity index (χ2v) is 6.25. The maximum atomic E-state index is 4.83. The van der Waals surface area contributed by atoms with Gasteiger partial charge in [-0.2, -0.15) is 0 Å². The zero-order valence-corrected chi connectivity index (χ0v) is 10.8. The summed E-state index contributed by atoms with van der Waals surface area (Å²) in [6.45, 7) is 4.51. The lowest BCUT2D eigenvalue weighted by molar-refractivity contribution is 0.442. The Hall–Kier alpha value is -0.410. The largest absolute Gasteiger partial charge is 0.315 e. The second kappa shape index (κ2) is 4.46. The van der Waals surface area contributed by atoms with Gasteiger partial charge in [-0.15, -0.1) is 11.3 Å². The van der Waals surface area contributed by atoms with Crippen molar-refractivity contribution in [2.75, 3.05) is 13.1 Å². The highest BCUT2D eigenvalue weighted by atomic mass is 32.1. The van der Waals surface area contributed by atoms with Crippen molar-refractivity contribution in [2.45, 2.75) is 50.9 Å². The topological polar surface area (TPSA) is 24.9 Å². The Morgan fingerprint density at radius 2 is 1.88 bits per heavy atom. The molecule has 16 heavy (non-hydrogen) atoms. The number of nitrogens with zero attached hydrogens (tertiary/aromatic N) is 1. The Bertz CT molecular complexity index is 362. The van der Waals surface area contributed by atoms with Crippen molar-refractivity contribution in [3.05, 3.63) is 15.6 Å². The van der Waals surface area contributed by atoms with Crippen LogP contribution in [0.3, 0.4) is 0 Å². The lowest BCUT2D eigenvalue weighted by atomic mass is 9.90. The van der Waals surface area contributed by atoms with E-state index in [0.29, 0.717) is 0 Å². The maximum Gasteiger partial charge on any atom is 0.0962 e. The van der Waals surface area contributed by atoms with Gasteiger partial charge in [-0.25, -0.2) is 4.98 Å². The average Bonchev–Trinajstić information content (AvgIpc) is 2.60. The fourth-order valence-electron chi connectivity index (χ4n) is 2.81. The van der Waals surface area contributed by atoms with Crippen LogP contribution in [0.2, 0.25) is 0 Å². The molecule has 3 heteroatoms. The molecule has 1 saturated carbocycles. The van der Waals surface area contributed by atoms with Crippen LogP contribution in [0.4, 0.5) is 0 Å². The van der Waals surface area contributed by atoms with Crippen LogP contribution in [0.5, 0.6) is 0 Å². The second-order valence-electron chi connectivity index (χ2n) is 5.19. The zero-order valence-electron chi connectivity index (χ0n) is 9.96. The number of aryl methyl sites for hydroxylation is 1. The summed E-state index contributed by atoms with van der Waals surface area (Å²) < 4.78 is 0. The van der Waals surface area contributed by atoms with Gasteiger partial charge in [-0.05, 0) is 19.8 Å². The van der Waals surface area contributed by atoms with Crippen LogP contribution in [0.15, 0.2) is 0 Å². The molecule has 0 unspecified atom stereocenters. The van der Waals surface area contributed by atoms with Crippen LogP contribution in [0.1, 0.15) is 59.5 Å². The molecule has 3 rings (SSSR count). The van der Waals surface area contributed by atoms with Gasteiger partial charge in [0.1, 0.15) is 0 Å². The standard InChI is InChI=1S/C13H20N2S/c1-9-12(11-7-14-8-11)16-13(15-9)10-5-3-2-4-6-10/h10-11,14H,2-8H2,1H3. The summed E-state index contributed by atoms with van der Waals surface area (Å²) in [4.78, 5) is 6.38. The van der Waals surface area contributed by atoms with Crippen LogP contribution >= 0.6 is 11.3 Å². The van der Waals surface area contributed by atoms with Crippen LogP contribution in [-0.2, 0) is 0 Å². The summed E-state index contributed by atoms with van der Waals surface area (Å²) in [6, 6.07) is 0. The van der Waals surface area contributed by atoms with Gasteiger partial charge in [-0.3, -0.25) is 0 Å². The smallest absolute Gasteiger partial charge is 0.0962 e. The molecule has 2 fully saturated rings. The normalized spacial score (nSPS) is 23.3. The molecule has 88 valence electrons. The molecule has 0 spiro atoms. The fraction of sp³-hybridized carbons (Fsp3) is 0.769. The van der Waals surface area contributed by atoms with Gasteiger partial charge in [0.2, 0.25) is 0 Å². The van der Waals surface area contributed by atoms with E-state index < -0.39 is 0 Å². The highest BCUT2D eigenvalue weighted by Gasteiger charge is 2.26. The minimum absolute atomic E-state index is 0.759. The van der Waals surface area contributed by atoms with Crippen LogP contribution < -0.4 is 5.32 Å².